The molecule has 3 aliphatic rings. The zero-order valence-electron chi connectivity index (χ0n) is 45.0. The summed E-state index contributed by atoms with van der Waals surface area (Å²) in [6.45, 7) is -4.64. The Kier molecular flexibility index (Phi) is 34.6. The molecule has 460 valence electrons. The van der Waals surface area contributed by atoms with Crippen LogP contribution in [0.1, 0.15) is 109 Å². The smallest absolute Gasteiger partial charge is 0.303 e. The summed E-state index contributed by atoms with van der Waals surface area (Å²) < 4.78 is 32.5. The average molecular weight is 1150 g/mol. The summed E-state index contributed by atoms with van der Waals surface area (Å²) in [7, 11) is 0. The molecule has 0 aromatic carbocycles. The van der Waals surface area contributed by atoms with E-state index in [1.807, 2.05) is 0 Å². The maximum absolute atomic E-state index is 14.1. The fourth-order valence-corrected chi connectivity index (χ4v) is 9.16. The third-order valence-corrected chi connectivity index (χ3v) is 13.8. The van der Waals surface area contributed by atoms with Crippen LogP contribution < -0.4 is 21.3 Å². The van der Waals surface area contributed by atoms with Crippen LogP contribution in [0.25, 0.3) is 0 Å². The number of aliphatic hydroxyl groups is 12. The van der Waals surface area contributed by atoms with Crippen molar-refractivity contribution in [2.45, 2.75) is 207 Å². The van der Waals surface area contributed by atoms with Crippen molar-refractivity contribution in [3.63, 3.8) is 0 Å². The summed E-state index contributed by atoms with van der Waals surface area (Å²) in [5, 5.41) is 140. The monoisotopic (exact) mass is 1150 g/mol. The van der Waals surface area contributed by atoms with Gasteiger partial charge in [0, 0.05) is 39.0 Å². The van der Waals surface area contributed by atoms with E-state index in [0.29, 0.717) is 25.7 Å². The van der Waals surface area contributed by atoms with E-state index in [-0.39, 0.29) is 64.7 Å². The lowest BCUT2D eigenvalue weighted by atomic mass is 9.99. The van der Waals surface area contributed by atoms with Crippen LogP contribution in [0.2, 0.25) is 0 Å². The number of carboxylic acid groups (broad SMARTS) is 1. The molecule has 0 bridgehead atoms. The Labute approximate surface area is 459 Å². The molecule has 3 fully saturated rings. The summed E-state index contributed by atoms with van der Waals surface area (Å²) in [6, 6.07) is -1.22. The van der Waals surface area contributed by atoms with Crippen LogP contribution in [0.5, 0.6) is 0 Å². The van der Waals surface area contributed by atoms with Crippen molar-refractivity contribution in [3.8, 4) is 0 Å². The Morgan fingerprint density at radius 2 is 0.747 bits per heavy atom. The molecule has 0 saturated carbocycles. The molecule has 29 nitrogen and oxygen atoms in total. The van der Waals surface area contributed by atoms with Crippen LogP contribution in [0.4, 0.5) is 0 Å². The van der Waals surface area contributed by atoms with Gasteiger partial charge in [-0.25, -0.2) is 0 Å². The number of nitrogens with zero attached hydrogens (tertiary/aromatic N) is 1. The van der Waals surface area contributed by atoms with Gasteiger partial charge in [0.15, 0.2) is 18.9 Å². The summed E-state index contributed by atoms with van der Waals surface area (Å²) in [5.41, 5.74) is 0. The van der Waals surface area contributed by atoms with E-state index in [1.165, 1.54) is 4.90 Å². The molecule has 3 aliphatic heterocycles. The molecule has 29 heteroatoms. The zero-order chi connectivity index (χ0) is 58.3. The van der Waals surface area contributed by atoms with Crippen LogP contribution in [-0.2, 0) is 52.4 Å². The standard InChI is InChI=1S/C50H91N5O24/c56-27-31-38(64)41(67)44(70)48(77-31)74-22-19-52-35(60)25-55(26-36(61)53-20-23-75-49-45(71)42(68)39(65)32(28-57)78-49)30(47(73)54-21-24-76-50-46(72)43(69)40(66)33(29-58)79-50)15-13-14-18-51-34(59)16-11-9-7-5-3-1-2-4-6-8-10-12-17-37(62)63/h30-33,38-46,48-50,56-58,64-72H,1-29H2,(H,51,59)(H,52,60)(H,53,61)(H,54,73)(H,62,63)/t30-,31+,32+,33-,38+,39+,40-,41-,42-,43+,44-,45-,46+,48-,49-,50+/m0/s1. The Balaban J connectivity index is 1.62. The van der Waals surface area contributed by atoms with E-state index >= 15 is 0 Å². The van der Waals surface area contributed by atoms with E-state index < -0.39 is 155 Å². The number of aliphatic carboxylic acids is 1. The molecule has 17 N–H and O–H groups in total. The van der Waals surface area contributed by atoms with Crippen molar-refractivity contribution in [1.82, 2.24) is 26.2 Å². The lowest BCUT2D eigenvalue weighted by Crippen LogP contribution is -2.59. The molecule has 0 aromatic heterocycles. The summed E-state index contributed by atoms with van der Waals surface area (Å²) in [6.07, 6.45) is -10.1. The third kappa shape index (κ3) is 25.3. The minimum atomic E-state index is -1.72. The van der Waals surface area contributed by atoms with E-state index in [1.54, 1.807) is 0 Å². The molecular weight excluding hydrogens is 1050 g/mol. The minimum Gasteiger partial charge on any atom is -0.481 e. The Bertz CT molecular complexity index is 1670. The van der Waals surface area contributed by atoms with E-state index in [0.717, 1.165) is 70.6 Å². The van der Waals surface area contributed by atoms with Crippen LogP contribution in [-0.4, -0.2) is 278 Å². The highest BCUT2D eigenvalue weighted by Crippen LogP contribution is 2.24. The maximum atomic E-state index is 14.1. The summed E-state index contributed by atoms with van der Waals surface area (Å²) in [4.78, 5) is 65.9. The highest BCUT2D eigenvalue weighted by molar-refractivity contribution is 5.86. The van der Waals surface area contributed by atoms with E-state index in [4.69, 9.17) is 33.5 Å². The number of nitrogens with one attached hydrogen (secondary N) is 4. The third-order valence-electron chi connectivity index (χ3n) is 13.8. The number of ether oxygens (including phenoxy) is 6. The van der Waals surface area contributed by atoms with Crippen molar-refractivity contribution in [2.24, 2.45) is 0 Å². The molecular formula is C50H91N5O24. The van der Waals surface area contributed by atoms with Gasteiger partial charge in [-0.15, -0.1) is 0 Å². The van der Waals surface area contributed by atoms with Crippen LogP contribution in [0, 0.1) is 0 Å². The number of hydrogen-bond acceptors (Lipinski definition) is 24. The van der Waals surface area contributed by atoms with Crippen molar-refractivity contribution < 1.29 is 119 Å². The normalized spacial score (nSPS) is 29.5. The van der Waals surface area contributed by atoms with Gasteiger partial charge >= 0.3 is 5.97 Å². The first-order chi connectivity index (χ1) is 37.8. The molecule has 0 unspecified atom stereocenters. The predicted octanol–water partition coefficient (Wildman–Crippen LogP) is -5.71. The molecule has 0 aromatic rings. The van der Waals surface area contributed by atoms with Crippen molar-refractivity contribution in [3.05, 3.63) is 0 Å². The van der Waals surface area contributed by atoms with Crippen molar-refractivity contribution in [1.29, 1.82) is 0 Å². The second-order valence-electron chi connectivity index (χ2n) is 20.1. The molecule has 0 aliphatic carbocycles. The number of amides is 4. The number of unbranched alkanes of at least 4 members (excludes halogenated alkanes) is 12. The van der Waals surface area contributed by atoms with Crippen LogP contribution in [0.3, 0.4) is 0 Å². The maximum Gasteiger partial charge on any atom is 0.303 e. The van der Waals surface area contributed by atoms with Gasteiger partial charge in [-0.1, -0.05) is 64.2 Å². The number of aliphatic hydroxyl groups excluding tert-OH is 12. The van der Waals surface area contributed by atoms with Gasteiger partial charge in [0.05, 0.1) is 58.8 Å². The number of carbonyl (C=O) groups excluding carboxylic acids is 4. The highest BCUT2D eigenvalue weighted by Gasteiger charge is 2.46. The largest absolute Gasteiger partial charge is 0.481 e. The number of carboxylic acids is 1. The zero-order valence-corrected chi connectivity index (χ0v) is 45.0. The van der Waals surface area contributed by atoms with Crippen molar-refractivity contribution >= 4 is 29.6 Å². The van der Waals surface area contributed by atoms with Crippen LogP contribution in [0.15, 0.2) is 0 Å². The fraction of sp³-hybridized carbons (Fsp3) is 0.900. The van der Waals surface area contributed by atoms with Gasteiger partial charge in [0.1, 0.15) is 73.2 Å². The molecule has 0 radical (unpaired) electrons. The second kappa shape index (κ2) is 39.1. The highest BCUT2D eigenvalue weighted by atomic mass is 16.7. The quantitative estimate of drug-likeness (QED) is 0.0254. The first kappa shape index (κ1) is 69.9. The van der Waals surface area contributed by atoms with Gasteiger partial charge in [0.2, 0.25) is 23.6 Å². The van der Waals surface area contributed by atoms with E-state index in [9.17, 15) is 85.3 Å². The molecule has 3 rings (SSSR count). The molecule has 4 amide bonds. The van der Waals surface area contributed by atoms with Gasteiger partial charge in [-0.05, 0) is 32.1 Å². The van der Waals surface area contributed by atoms with Gasteiger partial charge < -0.3 is 116 Å². The summed E-state index contributed by atoms with van der Waals surface area (Å²) >= 11 is 0. The molecule has 3 saturated heterocycles. The Morgan fingerprint density at radius 1 is 0.405 bits per heavy atom. The lowest BCUT2D eigenvalue weighted by Gasteiger charge is -2.39. The van der Waals surface area contributed by atoms with Crippen molar-refractivity contribution in [2.75, 3.05) is 78.9 Å². The summed E-state index contributed by atoms with van der Waals surface area (Å²) in [5.74, 6) is -3.02. The molecule has 16 atom stereocenters. The van der Waals surface area contributed by atoms with E-state index in [2.05, 4.69) is 21.3 Å². The number of carbonyl (C=O) groups is 5. The second-order valence-corrected chi connectivity index (χ2v) is 20.1. The first-order valence-electron chi connectivity index (χ1n) is 27.6. The topological polar surface area (TPSA) is 455 Å². The molecule has 0 spiro atoms. The first-order valence-corrected chi connectivity index (χ1v) is 27.6. The fourth-order valence-electron chi connectivity index (χ4n) is 9.16. The van der Waals surface area contributed by atoms with Gasteiger partial charge in [0.25, 0.3) is 0 Å². The average Bonchev–Trinajstić information content (AvgIpc) is 3.43. The molecule has 3 heterocycles. The predicted molar refractivity (Wildman–Crippen MR) is 273 cm³/mol. The molecule has 79 heavy (non-hydrogen) atoms. The van der Waals surface area contributed by atoms with Gasteiger partial charge in [-0.3, -0.25) is 28.9 Å². The van der Waals surface area contributed by atoms with Crippen LogP contribution >= 0.6 is 0 Å². The Hall–Kier alpha value is -3.41. The lowest BCUT2D eigenvalue weighted by molar-refractivity contribution is -0.300. The number of hydrogen-bond donors (Lipinski definition) is 17. The van der Waals surface area contributed by atoms with Gasteiger partial charge in [-0.2, -0.15) is 0 Å². The number of rotatable bonds is 41. The Morgan fingerprint density at radius 3 is 1.11 bits per heavy atom. The minimum absolute atomic E-state index is 0.0308. The SMILES string of the molecule is O=C(O)CCCCCCCCCCCCCCC(=O)NCCCC[C@@H](C(=O)NCCO[C@@H]1O[C@@H](CO)[C@H](O)[C@@H](O)[C@H]1O)N(CC(=O)NCCO[C@H]1O[C@H](CO)[C@@H](O)[C@H](O)[C@@H]1O)CC(=O)NCCO[C@H]1O[C@H](CO)[C@@H](O)[C@H](O)[C@@H]1O.